The van der Waals surface area contributed by atoms with Crippen LogP contribution in [-0.4, -0.2) is 76.7 Å². The van der Waals surface area contributed by atoms with Crippen LogP contribution in [0.25, 0.3) is 10.6 Å². The van der Waals surface area contributed by atoms with Gasteiger partial charge in [-0.15, -0.1) is 10.2 Å². The first kappa shape index (κ1) is 30.3. The van der Waals surface area contributed by atoms with E-state index in [0.717, 1.165) is 67.6 Å². The highest BCUT2D eigenvalue weighted by atomic mass is 32.1. The number of nitrogens with zero attached hydrogens (tertiary/aromatic N) is 4. The van der Waals surface area contributed by atoms with Gasteiger partial charge in [-0.25, -0.2) is 4.39 Å². The van der Waals surface area contributed by atoms with Crippen molar-refractivity contribution in [3.8, 4) is 22.1 Å². The number of piperidine rings is 1. The highest BCUT2D eigenvalue weighted by Crippen LogP contribution is 2.43. The molecule has 0 radical (unpaired) electrons. The van der Waals surface area contributed by atoms with E-state index < -0.39 is 11.7 Å². The summed E-state index contributed by atoms with van der Waals surface area (Å²) in [4.78, 5) is 30.2. The van der Waals surface area contributed by atoms with Gasteiger partial charge in [-0.1, -0.05) is 18.3 Å². The number of rotatable bonds is 9. The third-order valence-corrected chi connectivity index (χ3v) is 10.6. The molecule has 11 heteroatoms. The van der Waals surface area contributed by atoms with Crippen LogP contribution in [0, 0.1) is 11.7 Å². The number of carbonyl (C=O) groups is 2. The normalized spacial score (nSPS) is 21.8. The molecule has 1 saturated carbocycles. The molecule has 0 bridgehead atoms. The molecule has 1 aliphatic carbocycles. The van der Waals surface area contributed by atoms with Gasteiger partial charge in [0.25, 0.3) is 5.91 Å². The van der Waals surface area contributed by atoms with Crippen LogP contribution >= 0.6 is 11.3 Å². The fraction of sp³-hybridized carbons (Fsp3) is 0.529. The van der Waals surface area contributed by atoms with Crippen molar-refractivity contribution >= 4 is 23.2 Å². The number of halogens is 1. The van der Waals surface area contributed by atoms with Crippen LogP contribution in [0.15, 0.2) is 36.4 Å². The van der Waals surface area contributed by atoms with Crippen LogP contribution in [0.2, 0.25) is 0 Å². The molecule has 4 fully saturated rings. The molecule has 1 aromatic heterocycles. The highest BCUT2D eigenvalue weighted by Gasteiger charge is 2.31. The fourth-order valence-corrected chi connectivity index (χ4v) is 7.69. The van der Waals surface area contributed by atoms with E-state index in [1.54, 1.807) is 16.2 Å². The molecule has 0 unspecified atom stereocenters. The summed E-state index contributed by atoms with van der Waals surface area (Å²) < 4.78 is 27.4. The summed E-state index contributed by atoms with van der Waals surface area (Å²) in [7, 11) is 0. The van der Waals surface area contributed by atoms with Gasteiger partial charge in [0, 0.05) is 74.9 Å². The average Bonchev–Trinajstić information content (AvgIpc) is 3.69. The van der Waals surface area contributed by atoms with E-state index in [0.29, 0.717) is 42.0 Å². The molecule has 1 atom stereocenters. The van der Waals surface area contributed by atoms with E-state index in [9.17, 15) is 9.59 Å². The summed E-state index contributed by atoms with van der Waals surface area (Å²) in [5.74, 6) is 0.675. The summed E-state index contributed by atoms with van der Waals surface area (Å²) in [5, 5.41) is 13.7. The molecule has 4 aliphatic rings. The third-order valence-electron chi connectivity index (χ3n) is 9.43. The van der Waals surface area contributed by atoms with Gasteiger partial charge < -0.3 is 24.6 Å². The molecule has 7 rings (SSSR count). The maximum absolute atomic E-state index is 15.6. The van der Waals surface area contributed by atoms with Gasteiger partial charge in [-0.3, -0.25) is 9.59 Å². The monoisotopic (exact) mass is 633 g/mol. The van der Waals surface area contributed by atoms with Gasteiger partial charge in [0.15, 0.2) is 0 Å². The molecule has 3 aromatic rings. The predicted molar refractivity (Wildman–Crippen MR) is 169 cm³/mol. The van der Waals surface area contributed by atoms with E-state index in [1.165, 1.54) is 25.0 Å². The second kappa shape index (κ2) is 13.1. The number of hydrogen-bond acceptors (Lipinski definition) is 8. The summed E-state index contributed by atoms with van der Waals surface area (Å²) >= 11 is 1.62. The predicted octanol–water partition coefficient (Wildman–Crippen LogP) is 5.76. The van der Waals surface area contributed by atoms with Crippen molar-refractivity contribution in [2.45, 2.75) is 76.4 Å². The molecular weight excluding hydrogens is 593 g/mol. The summed E-state index contributed by atoms with van der Waals surface area (Å²) in [6, 6.07) is 10.9. The lowest BCUT2D eigenvalue weighted by Gasteiger charge is -2.39. The average molecular weight is 634 g/mol. The van der Waals surface area contributed by atoms with E-state index in [-0.39, 0.29) is 30.0 Å². The minimum atomic E-state index is -0.618. The maximum Gasteiger partial charge on any atom is 0.254 e. The zero-order valence-electron chi connectivity index (χ0n) is 25.7. The Bertz CT molecular complexity index is 1530. The van der Waals surface area contributed by atoms with Crippen LogP contribution in [0.1, 0.15) is 78.7 Å². The van der Waals surface area contributed by atoms with Crippen LogP contribution < -0.4 is 10.1 Å². The molecule has 2 aromatic carbocycles. The van der Waals surface area contributed by atoms with E-state index in [4.69, 9.17) is 9.47 Å². The van der Waals surface area contributed by atoms with Gasteiger partial charge in [-0.05, 0) is 80.8 Å². The van der Waals surface area contributed by atoms with E-state index in [2.05, 4.69) is 20.4 Å². The Labute approximate surface area is 267 Å². The Morgan fingerprint density at radius 2 is 1.82 bits per heavy atom. The standard InChI is InChI=1S/C34H40FN5O4S/c1-21-16-31(41)40(19-21)20-24-17-29(35)28(32(42)36-25-8-12-39(13-9-25)26-10-14-43-15-11-26)18-30(24)44-27-6-4-23(5-7-27)34-38-37-33(45-34)22-2-3-22/h4-7,17-18,21-22,25-26H,2-3,8-16,19-20H2,1H3,(H,36,42)/t21-/m0/s1. The summed E-state index contributed by atoms with van der Waals surface area (Å²) in [6.45, 7) is 6.28. The summed E-state index contributed by atoms with van der Waals surface area (Å²) in [5.41, 5.74) is 1.42. The first-order valence-corrected chi connectivity index (χ1v) is 17.1. The fourth-order valence-electron chi connectivity index (χ4n) is 6.68. The quantitative estimate of drug-likeness (QED) is 0.320. The van der Waals surface area contributed by atoms with Gasteiger partial charge in [-0.2, -0.15) is 0 Å². The van der Waals surface area contributed by atoms with Crippen molar-refractivity contribution < 1.29 is 23.5 Å². The van der Waals surface area contributed by atoms with Crippen LogP contribution in [-0.2, 0) is 16.1 Å². The molecule has 3 saturated heterocycles. The number of aromatic nitrogens is 2. The van der Waals surface area contributed by atoms with Gasteiger partial charge >= 0.3 is 0 Å². The molecule has 45 heavy (non-hydrogen) atoms. The topological polar surface area (TPSA) is 96.9 Å². The summed E-state index contributed by atoms with van der Waals surface area (Å²) in [6.07, 6.45) is 6.58. The van der Waals surface area contributed by atoms with Crippen molar-refractivity contribution in [3.05, 3.63) is 58.3 Å². The Morgan fingerprint density at radius 1 is 1.07 bits per heavy atom. The molecule has 0 spiro atoms. The first-order valence-electron chi connectivity index (χ1n) is 16.2. The third kappa shape index (κ3) is 7.05. The minimum absolute atomic E-state index is 0.0194. The first-order chi connectivity index (χ1) is 21.9. The van der Waals surface area contributed by atoms with Crippen molar-refractivity contribution in [2.24, 2.45) is 5.92 Å². The lowest BCUT2D eigenvalue weighted by atomic mass is 9.99. The maximum atomic E-state index is 15.6. The second-order valence-corrected chi connectivity index (χ2v) is 14.0. The van der Waals surface area contributed by atoms with Gasteiger partial charge in [0.2, 0.25) is 5.91 Å². The molecular formula is C34H40FN5O4S. The van der Waals surface area contributed by atoms with Crippen LogP contribution in [0.4, 0.5) is 4.39 Å². The van der Waals surface area contributed by atoms with E-state index >= 15 is 4.39 Å². The van der Waals surface area contributed by atoms with Gasteiger partial charge in [0.1, 0.15) is 27.3 Å². The molecule has 1 N–H and O–H groups in total. The highest BCUT2D eigenvalue weighted by molar-refractivity contribution is 7.14. The lowest BCUT2D eigenvalue weighted by Crippen LogP contribution is -2.49. The van der Waals surface area contributed by atoms with Crippen LogP contribution in [0.5, 0.6) is 11.5 Å². The largest absolute Gasteiger partial charge is 0.457 e. The smallest absolute Gasteiger partial charge is 0.254 e. The van der Waals surface area contributed by atoms with E-state index in [1.807, 2.05) is 31.2 Å². The minimum Gasteiger partial charge on any atom is -0.457 e. The number of ether oxygens (including phenoxy) is 2. The zero-order chi connectivity index (χ0) is 30.9. The zero-order valence-corrected chi connectivity index (χ0v) is 26.5. The van der Waals surface area contributed by atoms with Crippen molar-refractivity contribution in [1.82, 2.24) is 25.3 Å². The SMILES string of the molecule is C[C@H]1CC(=O)N(Cc2cc(F)c(C(=O)NC3CCN(C4CCOCC4)CC3)cc2Oc2ccc(-c3nnc(C4CC4)s3)cc2)C1. The Morgan fingerprint density at radius 3 is 2.51 bits per heavy atom. The Kier molecular flexibility index (Phi) is 8.83. The molecule has 9 nitrogen and oxygen atoms in total. The van der Waals surface area contributed by atoms with Gasteiger partial charge in [0.05, 0.1) is 5.56 Å². The van der Waals surface area contributed by atoms with Crippen LogP contribution in [0.3, 0.4) is 0 Å². The number of nitrogens with one attached hydrogen (secondary N) is 1. The Hall–Kier alpha value is -3.41. The lowest BCUT2D eigenvalue weighted by molar-refractivity contribution is -0.128. The second-order valence-electron chi connectivity index (χ2n) is 13.0. The molecule has 238 valence electrons. The number of carbonyl (C=O) groups excluding carboxylic acids is 2. The van der Waals surface area contributed by atoms with Crippen molar-refractivity contribution in [1.29, 1.82) is 0 Å². The number of likely N-dealkylation sites (tertiary alicyclic amines) is 2. The number of hydrogen-bond donors (Lipinski definition) is 1. The molecule has 3 aliphatic heterocycles. The molecule has 4 heterocycles. The van der Waals surface area contributed by atoms with Crippen molar-refractivity contribution in [3.63, 3.8) is 0 Å². The Balaban J connectivity index is 1.07. The number of amides is 2. The van der Waals surface area contributed by atoms with Crippen molar-refractivity contribution in [2.75, 3.05) is 32.8 Å². The number of benzene rings is 2. The molecule has 2 amide bonds.